The van der Waals surface area contributed by atoms with Gasteiger partial charge in [0, 0.05) is 88.3 Å². The lowest BCUT2D eigenvalue weighted by Crippen LogP contribution is -2.54. The summed E-state index contributed by atoms with van der Waals surface area (Å²) in [5.41, 5.74) is 1.37. The summed E-state index contributed by atoms with van der Waals surface area (Å²) in [5.74, 6) is -1.21. The van der Waals surface area contributed by atoms with E-state index in [2.05, 4.69) is 54.2 Å². The van der Waals surface area contributed by atoms with Crippen molar-refractivity contribution in [3.05, 3.63) is 71.6 Å². The third-order valence-corrected chi connectivity index (χ3v) is 14.7. The average molecular weight is 880 g/mol. The van der Waals surface area contributed by atoms with Gasteiger partial charge in [0.15, 0.2) is 11.6 Å². The minimum absolute atomic E-state index is 0.00715. The number of fused-ring (bicyclic) bond motifs is 2. The van der Waals surface area contributed by atoms with Crippen LogP contribution in [0.4, 0.5) is 21.8 Å². The Balaban J connectivity index is 0.757. The molecule has 5 aliphatic rings. The predicted octanol–water partition coefficient (Wildman–Crippen LogP) is 3.08. The third kappa shape index (κ3) is 7.50. The van der Waals surface area contributed by atoms with Crippen LogP contribution in [0.3, 0.4) is 0 Å². The van der Waals surface area contributed by atoms with E-state index in [1.165, 1.54) is 18.5 Å². The van der Waals surface area contributed by atoms with Gasteiger partial charge in [0.1, 0.15) is 23.5 Å². The van der Waals surface area contributed by atoms with Crippen LogP contribution in [0.1, 0.15) is 84.7 Å². The first-order valence-electron chi connectivity index (χ1n) is 21.4. The van der Waals surface area contributed by atoms with Crippen LogP contribution < -0.4 is 15.5 Å². The maximum atomic E-state index is 15.9. The summed E-state index contributed by atoms with van der Waals surface area (Å²) in [6, 6.07) is 6.01. The average Bonchev–Trinajstić information content (AvgIpc) is 3.81. The molecule has 1 unspecified atom stereocenters. The lowest BCUT2D eigenvalue weighted by atomic mass is 10.0. The first-order chi connectivity index (χ1) is 30.3. The SMILES string of the molecule is CC(C)n1nc(N2CCC(N3CCN(Cc4ccc5c(c4F)C(=O)N(C4CCC(=O)NC4=O)C5=O)CC3)CC2)c2cnc(Nc3ccnc(-c4cnn(S(=O)(=O)C5CC5)c4)n3)cc21. The van der Waals surface area contributed by atoms with E-state index in [4.69, 9.17) is 10.1 Å². The Hall–Kier alpha value is -6.19. The van der Waals surface area contributed by atoms with Crippen molar-refractivity contribution in [2.24, 2.45) is 0 Å². The predicted molar refractivity (Wildman–Crippen MR) is 227 cm³/mol. The van der Waals surface area contributed by atoms with E-state index in [1.807, 2.05) is 16.9 Å². The number of anilines is 3. The number of amides is 4. The maximum Gasteiger partial charge on any atom is 0.265 e. The van der Waals surface area contributed by atoms with E-state index in [-0.39, 0.29) is 41.8 Å². The van der Waals surface area contributed by atoms with Crippen molar-refractivity contribution in [2.45, 2.75) is 82.3 Å². The number of halogens is 1. The van der Waals surface area contributed by atoms with Crippen LogP contribution in [0.5, 0.6) is 0 Å². The van der Waals surface area contributed by atoms with E-state index >= 15 is 4.39 Å². The molecule has 3 saturated heterocycles. The molecule has 21 heteroatoms. The number of hydrogen-bond donors (Lipinski definition) is 2. The zero-order valence-electron chi connectivity index (χ0n) is 34.8. The number of carbonyl (C=O) groups excluding carboxylic acids is 4. The number of hydrogen-bond acceptors (Lipinski definition) is 15. The number of piperidine rings is 2. The van der Waals surface area contributed by atoms with Crippen molar-refractivity contribution in [1.29, 1.82) is 0 Å². The topological polar surface area (TPSA) is 214 Å². The van der Waals surface area contributed by atoms with Gasteiger partial charge in [-0.25, -0.2) is 27.8 Å². The summed E-state index contributed by atoms with van der Waals surface area (Å²) in [6.07, 6.45) is 9.53. The normalized spacial score (nSPS) is 20.6. The highest BCUT2D eigenvalue weighted by molar-refractivity contribution is 7.90. The van der Waals surface area contributed by atoms with Gasteiger partial charge in [-0.05, 0) is 58.1 Å². The lowest BCUT2D eigenvalue weighted by Gasteiger charge is -2.43. The Bertz CT molecular complexity index is 2790. The highest BCUT2D eigenvalue weighted by Gasteiger charge is 2.46. The van der Waals surface area contributed by atoms with Crippen LogP contribution in [0.15, 0.2) is 49.1 Å². The molecule has 0 spiro atoms. The fraction of sp³-hybridized carbons (Fsp3) is 0.452. The number of piperazine rings is 1. The van der Waals surface area contributed by atoms with Crippen LogP contribution in [0, 0.1) is 5.82 Å². The van der Waals surface area contributed by atoms with E-state index in [1.54, 1.807) is 18.3 Å². The Kier molecular flexibility index (Phi) is 10.3. The molecule has 4 aromatic heterocycles. The van der Waals surface area contributed by atoms with Gasteiger partial charge in [0.25, 0.3) is 21.8 Å². The van der Waals surface area contributed by atoms with Gasteiger partial charge in [0.05, 0.1) is 45.2 Å². The Morgan fingerprint density at radius 2 is 1.68 bits per heavy atom. The Morgan fingerprint density at radius 1 is 0.905 bits per heavy atom. The molecule has 0 radical (unpaired) electrons. The molecule has 1 saturated carbocycles. The van der Waals surface area contributed by atoms with Crippen LogP contribution in [0.25, 0.3) is 22.3 Å². The molecule has 1 atom stereocenters. The molecule has 4 aliphatic heterocycles. The molecule has 4 amide bonds. The number of aromatic nitrogens is 7. The summed E-state index contributed by atoms with van der Waals surface area (Å²) in [6.45, 7) is 9.14. The molecule has 328 valence electrons. The number of benzene rings is 1. The first-order valence-corrected chi connectivity index (χ1v) is 22.9. The van der Waals surface area contributed by atoms with Crippen molar-refractivity contribution < 1.29 is 32.0 Å². The smallest absolute Gasteiger partial charge is 0.265 e. The minimum Gasteiger partial charge on any atom is -0.354 e. The molecular weight excluding hydrogens is 834 g/mol. The molecule has 1 aromatic carbocycles. The Morgan fingerprint density at radius 3 is 2.41 bits per heavy atom. The molecular formula is C42H46FN13O6S. The van der Waals surface area contributed by atoms with Gasteiger partial charge in [-0.15, -0.1) is 0 Å². The van der Waals surface area contributed by atoms with Gasteiger partial charge in [0.2, 0.25) is 11.8 Å². The zero-order chi connectivity index (χ0) is 43.7. The summed E-state index contributed by atoms with van der Waals surface area (Å²) in [7, 11) is -3.51. The fourth-order valence-corrected chi connectivity index (χ4v) is 10.6. The number of rotatable bonds is 11. The zero-order valence-corrected chi connectivity index (χ0v) is 35.6. The highest BCUT2D eigenvalue weighted by atomic mass is 32.2. The van der Waals surface area contributed by atoms with Crippen molar-refractivity contribution in [1.82, 2.24) is 53.9 Å². The molecule has 63 heavy (non-hydrogen) atoms. The number of nitrogens with one attached hydrogen (secondary N) is 2. The maximum absolute atomic E-state index is 15.9. The van der Waals surface area contributed by atoms with Gasteiger partial charge in [-0.1, -0.05) is 6.07 Å². The second-order valence-corrected chi connectivity index (χ2v) is 19.2. The second kappa shape index (κ2) is 15.9. The van der Waals surface area contributed by atoms with Crippen molar-refractivity contribution in [2.75, 3.05) is 49.5 Å². The summed E-state index contributed by atoms with van der Waals surface area (Å²) < 4.78 is 44.3. The van der Waals surface area contributed by atoms with E-state index < -0.39 is 45.5 Å². The number of carbonyl (C=O) groups is 4. The lowest BCUT2D eigenvalue weighted by molar-refractivity contribution is -0.136. The van der Waals surface area contributed by atoms with Crippen molar-refractivity contribution >= 4 is 62.0 Å². The number of imide groups is 2. The van der Waals surface area contributed by atoms with Crippen molar-refractivity contribution in [3.8, 4) is 11.4 Å². The van der Waals surface area contributed by atoms with E-state index in [9.17, 15) is 27.6 Å². The second-order valence-electron chi connectivity index (χ2n) is 17.1. The highest BCUT2D eigenvalue weighted by Crippen LogP contribution is 2.35. The van der Waals surface area contributed by atoms with Gasteiger partial charge in [-0.2, -0.15) is 14.3 Å². The van der Waals surface area contributed by atoms with Gasteiger partial charge < -0.3 is 10.2 Å². The molecule has 5 aromatic rings. The molecule has 0 bridgehead atoms. The van der Waals surface area contributed by atoms with Crippen molar-refractivity contribution in [3.63, 3.8) is 0 Å². The molecule has 2 N–H and O–H groups in total. The molecule has 10 rings (SSSR count). The van der Waals surface area contributed by atoms with Gasteiger partial charge in [-0.3, -0.25) is 43.9 Å². The minimum atomic E-state index is -3.51. The standard InChI is InChI=1S/C42H46FN13O6S/c1-24(2)56-32-19-34(47-33-9-12-44-38(48-33)26-20-46-54(23-26)63(61,62)28-4-5-28)45-21-30(32)39(50-56)53-13-10-27(11-14-53)52-17-15-51(16-18-52)22-25-3-6-29-36(37(25)43)42(60)55(41(29)59)31-7-8-35(57)49-40(31)58/h3,6,9,12,19-21,23-24,27-28,31H,4-5,7-8,10-11,13-18,22H2,1-2H3,(H,49,57,58)(H,44,45,47,48). The first kappa shape index (κ1) is 40.9. The van der Waals surface area contributed by atoms with E-state index in [0.717, 1.165) is 64.7 Å². The molecule has 1 aliphatic carbocycles. The number of pyridine rings is 1. The van der Waals surface area contributed by atoms with E-state index in [0.29, 0.717) is 60.6 Å². The Labute approximate surface area is 361 Å². The van der Waals surface area contributed by atoms with Gasteiger partial charge >= 0.3 is 0 Å². The van der Waals surface area contributed by atoms with Crippen LogP contribution >= 0.6 is 0 Å². The quantitative estimate of drug-likeness (QED) is 0.183. The van der Waals surface area contributed by atoms with Crippen LogP contribution in [-0.2, 0) is 26.2 Å². The van der Waals surface area contributed by atoms with Crippen LogP contribution in [-0.4, -0.2) is 137 Å². The third-order valence-electron chi connectivity index (χ3n) is 12.7. The summed E-state index contributed by atoms with van der Waals surface area (Å²) in [5, 5.41) is 15.2. The number of nitrogens with zero attached hydrogens (tertiary/aromatic N) is 11. The summed E-state index contributed by atoms with van der Waals surface area (Å²) >= 11 is 0. The molecule has 8 heterocycles. The van der Waals surface area contributed by atoms with Crippen LogP contribution in [0.2, 0.25) is 0 Å². The molecule has 4 fully saturated rings. The molecule has 19 nitrogen and oxygen atoms in total. The largest absolute Gasteiger partial charge is 0.354 e. The fourth-order valence-electron chi connectivity index (χ4n) is 9.14. The monoisotopic (exact) mass is 879 g/mol. The summed E-state index contributed by atoms with van der Waals surface area (Å²) in [4.78, 5) is 72.0.